The van der Waals surface area contributed by atoms with E-state index in [1.807, 2.05) is 12.1 Å². The van der Waals surface area contributed by atoms with Gasteiger partial charge in [-0.05, 0) is 34.9 Å². The second kappa shape index (κ2) is 3.82. The van der Waals surface area contributed by atoms with Crippen molar-refractivity contribution in [1.82, 2.24) is 0 Å². The highest BCUT2D eigenvalue weighted by Gasteiger charge is 2.11. The zero-order valence-electron chi connectivity index (χ0n) is 10.1. The van der Waals surface area contributed by atoms with Gasteiger partial charge in [0, 0.05) is 5.39 Å². The molecule has 1 heteroatoms. The number of rotatable bonds is 1. The van der Waals surface area contributed by atoms with Gasteiger partial charge in [-0.3, -0.25) is 0 Å². The number of aromatic hydroxyl groups is 1. The van der Waals surface area contributed by atoms with Crippen molar-refractivity contribution < 1.29 is 5.11 Å². The van der Waals surface area contributed by atoms with Crippen LogP contribution in [0, 0.1) is 5.41 Å². The largest absolute Gasteiger partial charge is 0.507 e. The highest BCUT2D eigenvalue weighted by Crippen LogP contribution is 2.28. The summed E-state index contributed by atoms with van der Waals surface area (Å²) in [5.41, 5.74) is 1.56. The van der Waals surface area contributed by atoms with Crippen LogP contribution in [-0.4, -0.2) is 5.11 Å². The van der Waals surface area contributed by atoms with Crippen molar-refractivity contribution in [3.05, 3.63) is 42.0 Å². The van der Waals surface area contributed by atoms with Crippen LogP contribution in [0.1, 0.15) is 26.3 Å². The summed E-state index contributed by atoms with van der Waals surface area (Å²) in [5.74, 6) is 0.369. The summed E-state index contributed by atoms with van der Waals surface area (Å²) in [7, 11) is 0. The lowest BCUT2D eigenvalue weighted by Crippen LogP contribution is -2.08. The van der Waals surface area contributed by atoms with Crippen molar-refractivity contribution in [2.24, 2.45) is 5.41 Å². The van der Waals surface area contributed by atoms with Crippen molar-refractivity contribution >= 4 is 10.8 Å². The lowest BCUT2D eigenvalue weighted by molar-refractivity contribution is 0.411. The molecule has 0 aliphatic heterocycles. The Hall–Kier alpha value is -1.50. The molecule has 0 aromatic heterocycles. The molecule has 0 spiro atoms. The van der Waals surface area contributed by atoms with E-state index in [1.54, 1.807) is 6.07 Å². The van der Waals surface area contributed by atoms with E-state index in [2.05, 4.69) is 39.0 Å². The van der Waals surface area contributed by atoms with Crippen molar-refractivity contribution in [2.75, 3.05) is 0 Å². The number of fused-ring (bicyclic) bond motifs is 1. The van der Waals surface area contributed by atoms with Crippen molar-refractivity contribution in [3.63, 3.8) is 0 Å². The molecule has 1 nitrogen and oxygen atoms in total. The molecule has 0 heterocycles. The van der Waals surface area contributed by atoms with Crippen LogP contribution in [0.4, 0.5) is 0 Å². The number of hydrogen-bond acceptors (Lipinski definition) is 1. The van der Waals surface area contributed by atoms with E-state index in [9.17, 15) is 5.11 Å². The van der Waals surface area contributed by atoms with E-state index in [0.717, 1.165) is 17.2 Å². The Morgan fingerprint density at radius 3 is 2.50 bits per heavy atom. The highest BCUT2D eigenvalue weighted by atomic mass is 16.3. The fourth-order valence-corrected chi connectivity index (χ4v) is 2.03. The number of phenolic OH excluding ortho intramolecular Hbond substituents is 1. The molecule has 0 fully saturated rings. The van der Waals surface area contributed by atoms with Crippen molar-refractivity contribution in [3.8, 4) is 5.75 Å². The van der Waals surface area contributed by atoms with Crippen LogP contribution in [0.5, 0.6) is 5.75 Å². The number of benzene rings is 2. The van der Waals surface area contributed by atoms with Crippen molar-refractivity contribution in [1.29, 1.82) is 0 Å². The number of hydrogen-bond donors (Lipinski definition) is 1. The van der Waals surface area contributed by atoms with E-state index in [1.165, 1.54) is 5.56 Å². The second-order valence-corrected chi connectivity index (χ2v) is 5.57. The zero-order chi connectivity index (χ0) is 11.8. The molecule has 1 N–H and O–H groups in total. The summed E-state index contributed by atoms with van der Waals surface area (Å²) < 4.78 is 0. The summed E-state index contributed by atoms with van der Waals surface area (Å²) in [5, 5.41) is 11.8. The van der Waals surface area contributed by atoms with Crippen LogP contribution in [0.3, 0.4) is 0 Å². The van der Waals surface area contributed by atoms with E-state index in [4.69, 9.17) is 0 Å². The number of phenols is 1. The topological polar surface area (TPSA) is 20.2 Å². The molecule has 0 amide bonds. The molecule has 0 unspecified atom stereocenters. The summed E-state index contributed by atoms with van der Waals surface area (Å²) in [6.45, 7) is 6.67. The first kappa shape index (κ1) is 11.0. The molecular formula is C15H18O. The van der Waals surface area contributed by atoms with E-state index >= 15 is 0 Å². The lowest BCUT2D eigenvalue weighted by Gasteiger charge is -2.18. The van der Waals surface area contributed by atoms with Gasteiger partial charge in [0.05, 0.1) is 0 Å². The van der Waals surface area contributed by atoms with Crippen molar-refractivity contribution in [2.45, 2.75) is 27.2 Å². The molecular weight excluding hydrogens is 196 g/mol. The summed E-state index contributed by atoms with van der Waals surface area (Å²) in [6.07, 6.45) is 1.03. The van der Waals surface area contributed by atoms with Crippen LogP contribution in [0.15, 0.2) is 36.4 Å². The SMILES string of the molecule is CC(C)(C)Cc1ccc2cccc(O)c2c1. The molecule has 0 atom stereocenters. The molecule has 0 aliphatic carbocycles. The minimum absolute atomic E-state index is 0.276. The molecule has 2 aromatic carbocycles. The molecule has 0 saturated heterocycles. The minimum atomic E-state index is 0.276. The molecule has 2 aromatic rings. The smallest absolute Gasteiger partial charge is 0.123 e. The molecule has 0 saturated carbocycles. The van der Waals surface area contributed by atoms with Gasteiger partial charge < -0.3 is 5.11 Å². The fraction of sp³-hybridized carbons (Fsp3) is 0.333. The van der Waals surface area contributed by atoms with Gasteiger partial charge in [-0.15, -0.1) is 0 Å². The first-order chi connectivity index (χ1) is 7.46. The zero-order valence-corrected chi connectivity index (χ0v) is 10.1. The minimum Gasteiger partial charge on any atom is -0.507 e. The van der Waals surface area contributed by atoms with Gasteiger partial charge in [-0.25, -0.2) is 0 Å². The predicted octanol–water partition coefficient (Wildman–Crippen LogP) is 4.13. The lowest BCUT2D eigenvalue weighted by atomic mass is 9.87. The van der Waals surface area contributed by atoms with Gasteiger partial charge in [0.15, 0.2) is 0 Å². The Bertz CT molecular complexity index is 506. The van der Waals surface area contributed by atoms with Crippen LogP contribution < -0.4 is 0 Å². The fourth-order valence-electron chi connectivity index (χ4n) is 2.03. The molecule has 16 heavy (non-hydrogen) atoms. The third-order valence-corrected chi connectivity index (χ3v) is 2.66. The Morgan fingerprint density at radius 2 is 1.81 bits per heavy atom. The predicted molar refractivity (Wildman–Crippen MR) is 68.8 cm³/mol. The van der Waals surface area contributed by atoms with Crippen LogP contribution in [0.2, 0.25) is 0 Å². The average molecular weight is 214 g/mol. The van der Waals surface area contributed by atoms with Gasteiger partial charge in [0.2, 0.25) is 0 Å². The molecule has 0 radical (unpaired) electrons. The Balaban J connectivity index is 2.47. The maximum absolute atomic E-state index is 9.79. The Labute approximate surface area is 96.7 Å². The third kappa shape index (κ3) is 2.35. The Kier molecular flexibility index (Phi) is 2.63. The quantitative estimate of drug-likeness (QED) is 0.756. The highest BCUT2D eigenvalue weighted by molar-refractivity contribution is 5.88. The summed E-state index contributed by atoms with van der Waals surface area (Å²) in [4.78, 5) is 0. The second-order valence-electron chi connectivity index (χ2n) is 5.57. The molecule has 0 bridgehead atoms. The summed E-state index contributed by atoms with van der Waals surface area (Å²) in [6, 6.07) is 12.0. The van der Waals surface area contributed by atoms with Crippen LogP contribution >= 0.6 is 0 Å². The first-order valence-electron chi connectivity index (χ1n) is 5.66. The normalized spacial score (nSPS) is 11.9. The van der Waals surface area contributed by atoms with Gasteiger partial charge in [0.1, 0.15) is 5.75 Å². The van der Waals surface area contributed by atoms with E-state index in [0.29, 0.717) is 5.75 Å². The van der Waals surface area contributed by atoms with E-state index in [-0.39, 0.29) is 5.41 Å². The Morgan fingerprint density at radius 1 is 1.06 bits per heavy atom. The van der Waals surface area contributed by atoms with Gasteiger partial charge in [0.25, 0.3) is 0 Å². The summed E-state index contributed by atoms with van der Waals surface area (Å²) >= 11 is 0. The van der Waals surface area contributed by atoms with Crippen LogP contribution in [0.25, 0.3) is 10.8 Å². The van der Waals surface area contributed by atoms with Gasteiger partial charge in [-0.2, -0.15) is 0 Å². The maximum Gasteiger partial charge on any atom is 0.123 e. The standard InChI is InChI=1S/C15H18O/c1-15(2,3)10-11-7-8-12-5-4-6-14(16)13(12)9-11/h4-9,16H,10H2,1-3H3. The molecule has 84 valence electrons. The van der Waals surface area contributed by atoms with E-state index < -0.39 is 0 Å². The monoisotopic (exact) mass is 214 g/mol. The first-order valence-corrected chi connectivity index (χ1v) is 5.66. The average Bonchev–Trinajstić information content (AvgIpc) is 2.17. The maximum atomic E-state index is 9.79. The van der Waals surface area contributed by atoms with Gasteiger partial charge >= 0.3 is 0 Å². The molecule has 2 rings (SSSR count). The van der Waals surface area contributed by atoms with Gasteiger partial charge in [-0.1, -0.05) is 45.0 Å². The molecule has 0 aliphatic rings. The van der Waals surface area contributed by atoms with Crippen LogP contribution in [-0.2, 0) is 6.42 Å². The third-order valence-electron chi connectivity index (χ3n) is 2.66.